The number of benzene rings is 1. The molecule has 7 nitrogen and oxygen atoms in total. The van der Waals surface area contributed by atoms with Crippen LogP contribution in [0.5, 0.6) is 11.5 Å². The van der Waals surface area contributed by atoms with Gasteiger partial charge in [0.2, 0.25) is 5.91 Å². The molecule has 3 heterocycles. The van der Waals surface area contributed by atoms with Crippen LogP contribution in [0.15, 0.2) is 24.3 Å². The molecule has 0 aliphatic carbocycles. The maximum atomic E-state index is 12.5. The van der Waals surface area contributed by atoms with Gasteiger partial charge in [-0.15, -0.1) is 0 Å². The topological polar surface area (TPSA) is 77.4 Å². The summed E-state index contributed by atoms with van der Waals surface area (Å²) in [7, 11) is 1.62. The molecule has 2 aliphatic heterocycles. The maximum absolute atomic E-state index is 12.5. The molecular weight excluding hydrogens is 320 g/mol. The van der Waals surface area contributed by atoms with Gasteiger partial charge in [0.05, 0.1) is 37.5 Å². The number of amides is 1. The third-order valence-corrected chi connectivity index (χ3v) is 4.71. The minimum absolute atomic E-state index is 0.00225. The number of methoxy groups -OCH3 is 1. The van der Waals surface area contributed by atoms with Crippen LogP contribution in [0, 0.1) is 5.92 Å². The number of rotatable bonds is 4. The number of hydrogen-bond acceptors (Lipinski definition) is 5. The van der Waals surface area contributed by atoms with Gasteiger partial charge < -0.3 is 20.1 Å². The van der Waals surface area contributed by atoms with Crippen LogP contribution in [-0.4, -0.2) is 35.9 Å². The molecule has 0 saturated carbocycles. The molecule has 1 atom stereocenters. The number of aromatic nitrogens is 2. The molecule has 0 spiro atoms. The van der Waals surface area contributed by atoms with Crippen LogP contribution in [0.2, 0.25) is 0 Å². The van der Waals surface area contributed by atoms with Crippen molar-refractivity contribution in [1.29, 1.82) is 0 Å². The zero-order chi connectivity index (χ0) is 17.2. The highest BCUT2D eigenvalue weighted by Gasteiger charge is 2.27. The van der Waals surface area contributed by atoms with Gasteiger partial charge in [-0.1, -0.05) is 12.1 Å². The third-order valence-electron chi connectivity index (χ3n) is 4.71. The summed E-state index contributed by atoms with van der Waals surface area (Å²) >= 11 is 0. The predicted molar refractivity (Wildman–Crippen MR) is 91.5 cm³/mol. The Morgan fingerprint density at radius 1 is 1.52 bits per heavy atom. The molecule has 25 heavy (non-hydrogen) atoms. The molecule has 1 amide bonds. The molecule has 0 fully saturated rings. The van der Waals surface area contributed by atoms with Gasteiger partial charge in [-0.3, -0.25) is 9.48 Å². The zero-order valence-corrected chi connectivity index (χ0v) is 14.2. The first kappa shape index (κ1) is 16.0. The number of ether oxygens (including phenoxy) is 2. The number of fused-ring (bicyclic) bond motifs is 2. The summed E-state index contributed by atoms with van der Waals surface area (Å²) in [5, 5.41) is 10.8. The Morgan fingerprint density at radius 2 is 2.44 bits per heavy atom. The number of para-hydroxylation sites is 1. The van der Waals surface area contributed by atoms with E-state index < -0.39 is 0 Å². The van der Waals surface area contributed by atoms with Crippen LogP contribution in [0.4, 0.5) is 0 Å². The lowest BCUT2D eigenvalue weighted by molar-refractivity contribution is -0.126. The summed E-state index contributed by atoms with van der Waals surface area (Å²) in [6.45, 7) is 3.44. The first-order valence-corrected chi connectivity index (χ1v) is 8.57. The smallest absolute Gasteiger partial charge is 0.227 e. The largest absolute Gasteiger partial charge is 0.493 e. The molecule has 0 radical (unpaired) electrons. The zero-order valence-electron chi connectivity index (χ0n) is 14.2. The average Bonchev–Trinajstić information content (AvgIpc) is 3.08. The van der Waals surface area contributed by atoms with Crippen LogP contribution in [-0.2, 0) is 30.8 Å². The second-order valence-electron chi connectivity index (χ2n) is 6.41. The van der Waals surface area contributed by atoms with Gasteiger partial charge in [-0.25, -0.2) is 0 Å². The SMILES string of the molecule is COc1cccc2c1OC[C@H](C(=O)NCc1cc3n(n1)CCNC3)C2. The molecule has 2 N–H and O–H groups in total. The van der Waals surface area contributed by atoms with E-state index in [2.05, 4.69) is 15.7 Å². The van der Waals surface area contributed by atoms with E-state index in [1.165, 1.54) is 0 Å². The molecule has 1 aromatic carbocycles. The van der Waals surface area contributed by atoms with Gasteiger partial charge in [-0.2, -0.15) is 5.10 Å². The van der Waals surface area contributed by atoms with Gasteiger partial charge in [-0.05, 0) is 24.1 Å². The lowest BCUT2D eigenvalue weighted by Crippen LogP contribution is -2.37. The number of carbonyl (C=O) groups is 1. The first-order chi connectivity index (χ1) is 12.2. The highest BCUT2D eigenvalue weighted by Crippen LogP contribution is 2.36. The summed E-state index contributed by atoms with van der Waals surface area (Å²) < 4.78 is 13.1. The molecule has 7 heteroatoms. The average molecular weight is 342 g/mol. The van der Waals surface area contributed by atoms with Gasteiger partial charge in [0.1, 0.15) is 6.61 Å². The molecule has 2 aliphatic rings. The van der Waals surface area contributed by atoms with Gasteiger partial charge in [0.15, 0.2) is 11.5 Å². The first-order valence-electron chi connectivity index (χ1n) is 8.57. The van der Waals surface area contributed by atoms with Crippen molar-refractivity contribution >= 4 is 5.91 Å². The van der Waals surface area contributed by atoms with Crippen molar-refractivity contribution < 1.29 is 14.3 Å². The van der Waals surface area contributed by atoms with E-state index in [1.54, 1.807) is 7.11 Å². The molecule has 0 saturated heterocycles. The summed E-state index contributed by atoms with van der Waals surface area (Å²) in [6, 6.07) is 7.82. The molecule has 0 unspecified atom stereocenters. The van der Waals surface area contributed by atoms with Crippen LogP contribution in [0.25, 0.3) is 0 Å². The van der Waals surface area contributed by atoms with Crippen molar-refractivity contribution in [3.63, 3.8) is 0 Å². The number of nitrogens with zero attached hydrogens (tertiary/aromatic N) is 2. The Morgan fingerprint density at radius 3 is 3.28 bits per heavy atom. The Balaban J connectivity index is 1.38. The van der Waals surface area contributed by atoms with E-state index in [4.69, 9.17) is 9.47 Å². The van der Waals surface area contributed by atoms with Crippen molar-refractivity contribution in [2.24, 2.45) is 5.92 Å². The molecule has 132 valence electrons. The molecule has 2 aromatic rings. The van der Waals surface area contributed by atoms with Crippen molar-refractivity contribution in [2.45, 2.75) is 26.1 Å². The normalized spacial score (nSPS) is 18.7. The van der Waals surface area contributed by atoms with Crippen molar-refractivity contribution in [3.8, 4) is 11.5 Å². The summed E-state index contributed by atoms with van der Waals surface area (Å²) in [5.41, 5.74) is 3.07. The van der Waals surface area contributed by atoms with E-state index in [-0.39, 0.29) is 11.8 Å². The van der Waals surface area contributed by atoms with Gasteiger partial charge in [0.25, 0.3) is 0 Å². The van der Waals surface area contributed by atoms with Crippen LogP contribution in [0.3, 0.4) is 0 Å². The monoisotopic (exact) mass is 342 g/mol. The maximum Gasteiger partial charge on any atom is 0.227 e. The fourth-order valence-electron chi connectivity index (χ4n) is 3.38. The summed E-state index contributed by atoms with van der Waals surface area (Å²) in [6.07, 6.45) is 0.655. The molecule has 4 rings (SSSR count). The molecule has 1 aromatic heterocycles. The molecular formula is C18H22N4O3. The van der Waals surface area contributed by atoms with Crippen molar-refractivity contribution in [3.05, 3.63) is 41.2 Å². The highest BCUT2D eigenvalue weighted by molar-refractivity contribution is 5.79. The fourth-order valence-corrected chi connectivity index (χ4v) is 3.38. The molecule has 0 bridgehead atoms. The lowest BCUT2D eigenvalue weighted by Gasteiger charge is -2.25. The predicted octanol–water partition coefficient (Wildman–Crippen LogP) is 0.862. The second-order valence-corrected chi connectivity index (χ2v) is 6.41. The standard InChI is InChI=1S/C18H22N4O3/c1-24-16-4-2-3-12-7-13(11-25-17(12)16)18(23)20-9-14-8-15-10-19-5-6-22(15)21-14/h2-4,8,13,19H,5-7,9-11H2,1H3,(H,20,23)/t13-/m1/s1. The van der Waals surface area contributed by atoms with Crippen LogP contribution < -0.4 is 20.1 Å². The Hall–Kier alpha value is -2.54. The second kappa shape index (κ2) is 6.76. The summed E-state index contributed by atoms with van der Waals surface area (Å²) in [4.78, 5) is 12.5. The number of carbonyl (C=O) groups excluding carboxylic acids is 1. The van der Waals surface area contributed by atoms with Crippen LogP contribution in [0.1, 0.15) is 17.0 Å². The highest BCUT2D eigenvalue weighted by atomic mass is 16.5. The van der Waals surface area contributed by atoms with E-state index in [9.17, 15) is 4.79 Å². The summed E-state index contributed by atoms with van der Waals surface area (Å²) in [5.74, 6) is 1.27. The number of hydrogen-bond donors (Lipinski definition) is 2. The van der Waals surface area contributed by atoms with Crippen molar-refractivity contribution in [1.82, 2.24) is 20.4 Å². The van der Waals surface area contributed by atoms with Crippen molar-refractivity contribution in [2.75, 3.05) is 20.3 Å². The van der Waals surface area contributed by atoms with E-state index in [0.717, 1.165) is 42.3 Å². The quantitative estimate of drug-likeness (QED) is 0.862. The van der Waals surface area contributed by atoms with Crippen LogP contribution >= 0.6 is 0 Å². The lowest BCUT2D eigenvalue weighted by atomic mass is 9.95. The Bertz CT molecular complexity index is 763. The van der Waals surface area contributed by atoms with E-state index >= 15 is 0 Å². The Labute approximate surface area is 146 Å². The van der Waals surface area contributed by atoms with Gasteiger partial charge in [0, 0.05) is 13.1 Å². The minimum atomic E-state index is -0.196. The van der Waals surface area contributed by atoms with E-state index in [0.29, 0.717) is 25.3 Å². The van der Waals surface area contributed by atoms with Gasteiger partial charge >= 0.3 is 0 Å². The number of nitrogens with one attached hydrogen (secondary N) is 2. The fraction of sp³-hybridized carbons (Fsp3) is 0.444. The third kappa shape index (κ3) is 3.19. The van der Waals surface area contributed by atoms with E-state index in [1.807, 2.05) is 28.9 Å². The Kier molecular flexibility index (Phi) is 4.31. The minimum Gasteiger partial charge on any atom is -0.493 e.